The number of carbonyl (C=O) groups excluding carboxylic acids is 1. The van der Waals surface area contributed by atoms with E-state index in [9.17, 15) is 4.79 Å². The first-order valence-corrected chi connectivity index (χ1v) is 8.09. The number of benzene rings is 1. The first-order chi connectivity index (χ1) is 11.7. The minimum absolute atomic E-state index is 0.143. The van der Waals surface area contributed by atoms with E-state index in [0.717, 1.165) is 37.5 Å². The van der Waals surface area contributed by atoms with Gasteiger partial charge in [0.2, 0.25) is 17.6 Å². The number of hydrogen-bond acceptors (Lipinski definition) is 6. The third kappa shape index (κ3) is 3.91. The molecule has 2 aromatic rings. The Kier molecular flexibility index (Phi) is 5.10. The van der Waals surface area contributed by atoms with Gasteiger partial charge in [-0.15, -0.1) is 0 Å². The summed E-state index contributed by atoms with van der Waals surface area (Å²) < 4.78 is 10.5. The monoisotopic (exact) mass is 330 g/mol. The van der Waals surface area contributed by atoms with Crippen LogP contribution in [0.5, 0.6) is 5.75 Å². The first-order valence-electron chi connectivity index (χ1n) is 8.09. The molecule has 0 N–H and O–H groups in total. The third-order valence-electron chi connectivity index (χ3n) is 4.20. The highest BCUT2D eigenvalue weighted by molar-refractivity contribution is 5.76. The smallest absolute Gasteiger partial charge is 0.227 e. The lowest BCUT2D eigenvalue weighted by Crippen LogP contribution is -2.47. The van der Waals surface area contributed by atoms with Gasteiger partial charge in [-0.05, 0) is 19.2 Å². The Hall–Kier alpha value is -2.41. The number of amides is 1. The van der Waals surface area contributed by atoms with Crippen LogP contribution in [-0.2, 0) is 11.2 Å². The second-order valence-electron chi connectivity index (χ2n) is 5.93. The molecule has 0 saturated carbocycles. The highest BCUT2D eigenvalue weighted by Gasteiger charge is 2.19. The topological polar surface area (TPSA) is 71.7 Å². The standard InChI is InChI=1S/C17H22N4O3/c1-20-8-10-21(11-9-20)16(22)7-6-15-18-17(19-24-15)13-4-3-5-14(12-13)23-2/h3-5,12H,6-11H2,1-2H3. The number of methoxy groups -OCH3 is 1. The Morgan fingerprint density at radius 2 is 2.08 bits per heavy atom. The molecular weight excluding hydrogens is 308 g/mol. The van der Waals surface area contributed by atoms with Crippen LogP contribution >= 0.6 is 0 Å². The molecule has 7 nitrogen and oxygen atoms in total. The zero-order chi connectivity index (χ0) is 16.9. The highest BCUT2D eigenvalue weighted by Crippen LogP contribution is 2.21. The van der Waals surface area contributed by atoms with Crippen molar-refractivity contribution in [2.24, 2.45) is 0 Å². The van der Waals surface area contributed by atoms with Crippen molar-refractivity contribution in [3.63, 3.8) is 0 Å². The molecule has 0 unspecified atom stereocenters. The van der Waals surface area contributed by atoms with Crippen LogP contribution in [0.4, 0.5) is 0 Å². The molecule has 1 aromatic heterocycles. The van der Waals surface area contributed by atoms with E-state index in [-0.39, 0.29) is 5.91 Å². The molecule has 24 heavy (non-hydrogen) atoms. The molecule has 3 rings (SSSR count). The lowest BCUT2D eigenvalue weighted by Gasteiger charge is -2.32. The summed E-state index contributed by atoms with van der Waals surface area (Å²) in [5, 5.41) is 3.99. The van der Waals surface area contributed by atoms with Gasteiger partial charge in [0.15, 0.2) is 0 Å². The van der Waals surface area contributed by atoms with E-state index >= 15 is 0 Å². The van der Waals surface area contributed by atoms with Crippen LogP contribution < -0.4 is 4.74 Å². The number of ether oxygens (including phenoxy) is 1. The van der Waals surface area contributed by atoms with E-state index in [0.29, 0.717) is 24.6 Å². The van der Waals surface area contributed by atoms with Gasteiger partial charge in [0.25, 0.3) is 0 Å². The molecule has 1 aliphatic heterocycles. The van der Waals surface area contributed by atoms with Crippen molar-refractivity contribution in [1.82, 2.24) is 19.9 Å². The van der Waals surface area contributed by atoms with Gasteiger partial charge >= 0.3 is 0 Å². The second kappa shape index (κ2) is 7.44. The van der Waals surface area contributed by atoms with Crippen molar-refractivity contribution >= 4 is 5.91 Å². The van der Waals surface area contributed by atoms with E-state index in [1.54, 1.807) is 7.11 Å². The summed E-state index contributed by atoms with van der Waals surface area (Å²) in [6.07, 6.45) is 0.853. The summed E-state index contributed by atoms with van der Waals surface area (Å²) in [7, 11) is 3.69. The van der Waals surface area contributed by atoms with Crippen molar-refractivity contribution < 1.29 is 14.1 Å². The van der Waals surface area contributed by atoms with Gasteiger partial charge in [-0.3, -0.25) is 4.79 Å². The van der Waals surface area contributed by atoms with E-state index in [1.807, 2.05) is 29.2 Å². The van der Waals surface area contributed by atoms with Crippen LogP contribution in [0.25, 0.3) is 11.4 Å². The molecule has 0 aliphatic carbocycles. The summed E-state index contributed by atoms with van der Waals surface area (Å²) in [6, 6.07) is 7.48. The summed E-state index contributed by atoms with van der Waals surface area (Å²) in [4.78, 5) is 20.7. The van der Waals surface area contributed by atoms with E-state index < -0.39 is 0 Å². The third-order valence-corrected chi connectivity index (χ3v) is 4.20. The zero-order valence-corrected chi connectivity index (χ0v) is 14.1. The number of carbonyl (C=O) groups is 1. The van der Waals surface area contributed by atoms with Gasteiger partial charge < -0.3 is 19.1 Å². The van der Waals surface area contributed by atoms with Gasteiger partial charge in [0.1, 0.15) is 5.75 Å². The number of piperazine rings is 1. The molecule has 1 aromatic carbocycles. The van der Waals surface area contributed by atoms with Crippen LogP contribution in [0, 0.1) is 0 Å². The minimum atomic E-state index is 0.143. The number of aromatic nitrogens is 2. The normalized spacial score (nSPS) is 15.5. The zero-order valence-electron chi connectivity index (χ0n) is 14.1. The Labute approximate surface area is 141 Å². The second-order valence-corrected chi connectivity index (χ2v) is 5.93. The lowest BCUT2D eigenvalue weighted by molar-refractivity contribution is -0.132. The quantitative estimate of drug-likeness (QED) is 0.826. The van der Waals surface area contributed by atoms with Crippen molar-refractivity contribution in [3.8, 4) is 17.1 Å². The maximum Gasteiger partial charge on any atom is 0.227 e. The van der Waals surface area contributed by atoms with Crippen LogP contribution in [0.1, 0.15) is 12.3 Å². The van der Waals surface area contributed by atoms with Crippen molar-refractivity contribution in [1.29, 1.82) is 0 Å². The molecule has 0 bridgehead atoms. The van der Waals surface area contributed by atoms with E-state index in [2.05, 4.69) is 22.1 Å². The Morgan fingerprint density at radius 1 is 1.29 bits per heavy atom. The van der Waals surface area contributed by atoms with Gasteiger partial charge in [-0.25, -0.2) is 0 Å². The Bertz CT molecular complexity index is 693. The summed E-state index contributed by atoms with van der Waals surface area (Å²) in [6.45, 7) is 3.42. The molecule has 7 heteroatoms. The molecule has 128 valence electrons. The Balaban J connectivity index is 1.57. The summed E-state index contributed by atoms with van der Waals surface area (Å²) in [5.74, 6) is 1.87. The molecule has 1 amide bonds. The Morgan fingerprint density at radius 3 is 2.83 bits per heavy atom. The molecule has 1 aliphatic rings. The van der Waals surface area contributed by atoms with Crippen molar-refractivity contribution in [2.45, 2.75) is 12.8 Å². The van der Waals surface area contributed by atoms with Crippen LogP contribution in [0.15, 0.2) is 28.8 Å². The van der Waals surface area contributed by atoms with Gasteiger partial charge in [-0.1, -0.05) is 17.3 Å². The number of aryl methyl sites for hydroxylation is 1. The fourth-order valence-corrected chi connectivity index (χ4v) is 2.66. The molecule has 1 saturated heterocycles. The average Bonchev–Trinajstić information content (AvgIpc) is 3.09. The lowest BCUT2D eigenvalue weighted by atomic mass is 10.2. The van der Waals surface area contributed by atoms with E-state index in [4.69, 9.17) is 9.26 Å². The summed E-state index contributed by atoms with van der Waals surface area (Å²) >= 11 is 0. The van der Waals surface area contributed by atoms with Gasteiger partial charge in [0, 0.05) is 44.6 Å². The molecule has 2 heterocycles. The van der Waals surface area contributed by atoms with Crippen LogP contribution in [-0.4, -0.2) is 66.2 Å². The molecular formula is C17H22N4O3. The van der Waals surface area contributed by atoms with Crippen LogP contribution in [0.3, 0.4) is 0 Å². The maximum absolute atomic E-state index is 12.2. The van der Waals surface area contributed by atoms with Crippen molar-refractivity contribution in [3.05, 3.63) is 30.2 Å². The van der Waals surface area contributed by atoms with Gasteiger partial charge in [0.05, 0.1) is 7.11 Å². The number of hydrogen-bond donors (Lipinski definition) is 0. The SMILES string of the molecule is COc1cccc(-c2noc(CCC(=O)N3CCN(C)CC3)n2)c1. The molecule has 0 atom stereocenters. The van der Waals surface area contributed by atoms with Crippen LogP contribution in [0.2, 0.25) is 0 Å². The fourth-order valence-electron chi connectivity index (χ4n) is 2.66. The first kappa shape index (κ1) is 16.4. The molecule has 0 spiro atoms. The van der Waals surface area contributed by atoms with Gasteiger partial charge in [-0.2, -0.15) is 4.98 Å². The fraction of sp³-hybridized carbons (Fsp3) is 0.471. The molecule has 0 radical (unpaired) electrons. The summed E-state index contributed by atoms with van der Waals surface area (Å²) in [5.41, 5.74) is 0.828. The highest BCUT2D eigenvalue weighted by atomic mass is 16.5. The van der Waals surface area contributed by atoms with E-state index in [1.165, 1.54) is 0 Å². The minimum Gasteiger partial charge on any atom is -0.497 e. The number of likely N-dealkylation sites (N-methyl/N-ethyl adjacent to an activating group) is 1. The van der Waals surface area contributed by atoms with Crippen molar-refractivity contribution in [2.75, 3.05) is 40.3 Å². The maximum atomic E-state index is 12.2. The predicted octanol–water partition coefficient (Wildman–Crippen LogP) is 1.45. The molecule has 1 fully saturated rings. The average molecular weight is 330 g/mol. The predicted molar refractivity (Wildman–Crippen MR) is 88.7 cm³/mol. The number of rotatable bonds is 5. The largest absolute Gasteiger partial charge is 0.497 e. The number of nitrogens with zero attached hydrogens (tertiary/aromatic N) is 4.